The number of hydrogen-bond acceptors (Lipinski definition) is 5. The second kappa shape index (κ2) is 6.76. The highest BCUT2D eigenvalue weighted by molar-refractivity contribution is 6.07. The van der Waals surface area contributed by atoms with Gasteiger partial charge in [-0.15, -0.1) is 0 Å². The third-order valence-corrected chi connectivity index (χ3v) is 4.33. The molecule has 0 saturated carbocycles. The lowest BCUT2D eigenvalue weighted by atomic mass is 9.99. The zero-order valence-corrected chi connectivity index (χ0v) is 15.1. The normalized spacial score (nSPS) is 11.7. The van der Waals surface area contributed by atoms with Crippen LogP contribution >= 0.6 is 0 Å². The van der Waals surface area contributed by atoms with Crippen LogP contribution in [0.5, 0.6) is 5.75 Å². The van der Waals surface area contributed by atoms with Gasteiger partial charge < -0.3 is 16.2 Å². The Kier molecular flexibility index (Phi) is 4.65. The largest absolute Gasteiger partial charge is 0.508 e. The molecule has 7 heteroatoms. The number of carbonyl (C=O) groups is 1. The Morgan fingerprint density at radius 3 is 2.65 bits per heavy atom. The van der Waals surface area contributed by atoms with Gasteiger partial charge >= 0.3 is 0 Å². The lowest BCUT2D eigenvalue weighted by molar-refractivity contribution is 0.0912. The lowest BCUT2D eigenvalue weighted by Crippen LogP contribution is -2.44. The monoisotopic (exact) mass is 353 g/mol. The minimum Gasteiger partial charge on any atom is -0.508 e. The van der Waals surface area contributed by atoms with Gasteiger partial charge in [0.2, 0.25) is 0 Å². The summed E-state index contributed by atoms with van der Waals surface area (Å²) in [5.41, 5.74) is 8.41. The maximum absolute atomic E-state index is 13.0. The van der Waals surface area contributed by atoms with E-state index >= 15 is 0 Å². The summed E-state index contributed by atoms with van der Waals surface area (Å²) in [6, 6.07) is 8.43. The first-order valence-corrected chi connectivity index (χ1v) is 8.48. The molecule has 26 heavy (non-hydrogen) atoms. The number of aromatic hydroxyl groups is 1. The molecule has 3 rings (SSSR count). The average molecular weight is 353 g/mol. The molecule has 0 aliphatic heterocycles. The number of hydrogen-bond donors (Lipinski definition) is 4. The van der Waals surface area contributed by atoms with E-state index in [0.29, 0.717) is 35.3 Å². The van der Waals surface area contributed by atoms with Gasteiger partial charge in [-0.2, -0.15) is 5.10 Å². The van der Waals surface area contributed by atoms with Crippen LogP contribution in [-0.2, 0) is 0 Å². The van der Waals surface area contributed by atoms with Crippen molar-refractivity contribution in [2.45, 2.75) is 32.7 Å². The fourth-order valence-electron chi connectivity index (χ4n) is 2.93. The van der Waals surface area contributed by atoms with Crippen LogP contribution in [0.4, 0.5) is 0 Å². The summed E-state index contributed by atoms with van der Waals surface area (Å²) in [7, 11) is 0. The number of aryl methyl sites for hydroxylation is 1. The molecule has 0 radical (unpaired) electrons. The molecule has 2 aromatic heterocycles. The number of pyridine rings is 1. The third kappa shape index (κ3) is 3.52. The van der Waals surface area contributed by atoms with Crippen molar-refractivity contribution in [3.05, 3.63) is 41.6 Å². The fraction of sp³-hybridized carbons (Fsp3) is 0.316. The van der Waals surface area contributed by atoms with Gasteiger partial charge in [0.1, 0.15) is 5.75 Å². The number of H-pyrrole nitrogens is 1. The van der Waals surface area contributed by atoms with E-state index in [1.54, 1.807) is 30.3 Å². The van der Waals surface area contributed by atoms with Crippen LogP contribution in [0.2, 0.25) is 0 Å². The third-order valence-electron chi connectivity index (χ3n) is 4.33. The number of phenols is 1. The van der Waals surface area contributed by atoms with E-state index in [1.807, 2.05) is 20.8 Å². The Labute approximate surface area is 151 Å². The van der Waals surface area contributed by atoms with Crippen molar-refractivity contribution in [1.29, 1.82) is 0 Å². The molecule has 0 aliphatic rings. The van der Waals surface area contributed by atoms with Gasteiger partial charge in [0.25, 0.3) is 5.91 Å². The van der Waals surface area contributed by atoms with Crippen LogP contribution < -0.4 is 11.1 Å². The lowest BCUT2D eigenvalue weighted by Gasteiger charge is -2.26. The minimum absolute atomic E-state index is 0.173. The van der Waals surface area contributed by atoms with E-state index in [0.717, 1.165) is 11.3 Å². The highest BCUT2D eigenvalue weighted by Crippen LogP contribution is 2.27. The second-order valence-electron chi connectivity index (χ2n) is 7.03. The number of fused-ring (bicyclic) bond motifs is 1. The molecule has 136 valence electrons. The number of aromatic nitrogens is 3. The number of amides is 1. The van der Waals surface area contributed by atoms with E-state index < -0.39 is 5.54 Å². The quantitative estimate of drug-likeness (QED) is 0.562. The highest BCUT2D eigenvalue weighted by atomic mass is 16.3. The zero-order valence-electron chi connectivity index (χ0n) is 15.1. The van der Waals surface area contributed by atoms with Crippen LogP contribution in [0.3, 0.4) is 0 Å². The van der Waals surface area contributed by atoms with E-state index in [4.69, 9.17) is 5.73 Å². The number of aromatic amines is 1. The Balaban J connectivity index is 2.09. The Morgan fingerprint density at radius 2 is 2.00 bits per heavy atom. The maximum atomic E-state index is 13.0. The van der Waals surface area contributed by atoms with Crippen molar-refractivity contribution in [1.82, 2.24) is 20.5 Å². The van der Waals surface area contributed by atoms with Crippen LogP contribution in [0.15, 0.2) is 30.3 Å². The van der Waals surface area contributed by atoms with Crippen molar-refractivity contribution < 1.29 is 9.90 Å². The summed E-state index contributed by atoms with van der Waals surface area (Å²) < 4.78 is 0. The van der Waals surface area contributed by atoms with Gasteiger partial charge in [-0.25, -0.2) is 4.98 Å². The second-order valence-corrected chi connectivity index (χ2v) is 7.03. The SMILES string of the molecule is Cc1[nH]nc2nc(-c3ccc(O)cc3)cc(C(=O)NC(C)(C)CCN)c12. The molecule has 1 aromatic carbocycles. The summed E-state index contributed by atoms with van der Waals surface area (Å²) in [6.07, 6.45) is 0.669. The predicted octanol–water partition coefficient (Wildman–Crippen LogP) is 2.50. The molecule has 7 nitrogen and oxygen atoms in total. The molecule has 0 atom stereocenters. The van der Waals surface area contributed by atoms with E-state index in [9.17, 15) is 9.90 Å². The van der Waals surface area contributed by atoms with Gasteiger partial charge in [0.05, 0.1) is 16.6 Å². The number of benzene rings is 1. The van der Waals surface area contributed by atoms with Crippen LogP contribution in [-0.4, -0.2) is 38.3 Å². The molecule has 0 bridgehead atoms. The molecule has 5 N–H and O–H groups in total. The van der Waals surface area contributed by atoms with Crippen LogP contribution in [0.1, 0.15) is 36.3 Å². The van der Waals surface area contributed by atoms with Crippen molar-refractivity contribution >= 4 is 16.9 Å². The molecule has 3 aromatic rings. The number of rotatable bonds is 5. The fourth-order valence-corrected chi connectivity index (χ4v) is 2.93. The Morgan fingerprint density at radius 1 is 1.31 bits per heavy atom. The van der Waals surface area contributed by atoms with Crippen molar-refractivity contribution in [3.8, 4) is 17.0 Å². The zero-order chi connectivity index (χ0) is 18.9. The number of nitrogens with two attached hydrogens (primary N) is 1. The summed E-state index contributed by atoms with van der Waals surface area (Å²) in [5.74, 6) is -0.0210. The maximum Gasteiger partial charge on any atom is 0.252 e. The van der Waals surface area contributed by atoms with Gasteiger partial charge in [0, 0.05) is 16.8 Å². The highest BCUT2D eigenvalue weighted by Gasteiger charge is 2.24. The summed E-state index contributed by atoms with van der Waals surface area (Å²) in [5, 5.41) is 20.3. The topological polar surface area (TPSA) is 117 Å². The molecule has 1 amide bonds. The number of carbonyl (C=O) groups excluding carboxylic acids is 1. The van der Waals surface area contributed by atoms with E-state index in [-0.39, 0.29) is 11.7 Å². The number of nitrogens with one attached hydrogen (secondary N) is 2. The van der Waals surface area contributed by atoms with E-state index in [2.05, 4.69) is 20.5 Å². The summed E-state index contributed by atoms with van der Waals surface area (Å²) in [4.78, 5) is 17.5. The first-order chi connectivity index (χ1) is 12.3. The molecule has 0 saturated heterocycles. The Hall–Kier alpha value is -2.93. The van der Waals surface area contributed by atoms with Gasteiger partial charge in [-0.1, -0.05) is 0 Å². The van der Waals surface area contributed by atoms with Crippen LogP contribution in [0, 0.1) is 6.92 Å². The summed E-state index contributed by atoms with van der Waals surface area (Å²) >= 11 is 0. The molecule has 2 heterocycles. The minimum atomic E-state index is -0.419. The van der Waals surface area contributed by atoms with Gasteiger partial charge in [-0.05, 0) is 64.1 Å². The predicted molar refractivity (Wildman–Crippen MR) is 101 cm³/mol. The number of nitrogens with zero attached hydrogens (tertiary/aromatic N) is 2. The van der Waals surface area contributed by atoms with Gasteiger partial charge in [0.15, 0.2) is 5.65 Å². The molecule has 0 unspecified atom stereocenters. The first kappa shape index (κ1) is 17.9. The molecular formula is C19H23N5O2. The van der Waals surface area contributed by atoms with Crippen molar-refractivity contribution in [2.75, 3.05) is 6.54 Å². The van der Waals surface area contributed by atoms with Crippen LogP contribution in [0.25, 0.3) is 22.3 Å². The van der Waals surface area contributed by atoms with Gasteiger partial charge in [-0.3, -0.25) is 9.89 Å². The summed E-state index contributed by atoms with van der Waals surface area (Å²) in [6.45, 7) is 6.24. The van der Waals surface area contributed by atoms with Crippen molar-refractivity contribution in [3.63, 3.8) is 0 Å². The van der Waals surface area contributed by atoms with E-state index in [1.165, 1.54) is 0 Å². The smallest absolute Gasteiger partial charge is 0.252 e. The molecule has 0 aliphatic carbocycles. The average Bonchev–Trinajstić information content (AvgIpc) is 2.95. The standard InChI is InChI=1S/C19H23N5O2/c1-11-16-14(18(26)22-19(2,3)8-9-20)10-15(21-17(16)24-23-11)12-4-6-13(25)7-5-12/h4-7,10,25H,8-9,20H2,1-3H3,(H,22,26)(H,21,23,24). The van der Waals surface area contributed by atoms with Crippen molar-refractivity contribution in [2.24, 2.45) is 5.73 Å². The molecule has 0 spiro atoms. The first-order valence-electron chi connectivity index (χ1n) is 8.48. The Bertz CT molecular complexity index is 944. The molecular weight excluding hydrogens is 330 g/mol. The number of phenolic OH excluding ortho intramolecular Hbond substituents is 1. The molecule has 0 fully saturated rings.